The Hall–Kier alpha value is -3.15. The van der Waals surface area contributed by atoms with Crippen LogP contribution >= 0.6 is 0 Å². The highest BCUT2D eigenvalue weighted by Gasteiger charge is 2.23. The summed E-state index contributed by atoms with van der Waals surface area (Å²) >= 11 is 0. The Morgan fingerprint density at radius 2 is 1.81 bits per heavy atom. The lowest BCUT2D eigenvalue weighted by atomic mass is 10.1. The molecule has 0 atom stereocenters. The van der Waals surface area contributed by atoms with Gasteiger partial charge in [-0.1, -0.05) is 25.1 Å². The molecule has 1 amide bonds. The molecule has 0 aliphatic carbocycles. The predicted octanol–water partition coefficient (Wildman–Crippen LogP) is 4.01. The molecule has 0 aliphatic rings. The van der Waals surface area contributed by atoms with Gasteiger partial charge in [0.05, 0.1) is 37.8 Å². The van der Waals surface area contributed by atoms with E-state index in [0.29, 0.717) is 28.2 Å². The maximum atomic E-state index is 12.9. The Morgan fingerprint density at radius 1 is 1.08 bits per heavy atom. The van der Waals surface area contributed by atoms with Crippen LogP contribution in [0.15, 0.2) is 36.5 Å². The maximum absolute atomic E-state index is 12.9. The molecule has 2 aromatic carbocycles. The predicted molar refractivity (Wildman–Crippen MR) is 102 cm³/mol. The standard InChI is InChI=1S/C20H22N2O4/c1-5-12-8-6-7-9-14(12)22-20(23)13-11-21-15-10-16(24-2)18(25-3)19(26-4)17(13)15/h6-11,21H,5H2,1-4H3,(H,22,23). The molecule has 6 heteroatoms. The number of methoxy groups -OCH3 is 3. The lowest BCUT2D eigenvalue weighted by molar-refractivity contribution is 0.102. The van der Waals surface area contributed by atoms with Crippen LogP contribution in [0, 0.1) is 0 Å². The minimum Gasteiger partial charge on any atom is -0.493 e. The van der Waals surface area contributed by atoms with Gasteiger partial charge in [0, 0.05) is 18.0 Å². The van der Waals surface area contributed by atoms with Gasteiger partial charge in [0.25, 0.3) is 5.91 Å². The second-order valence-electron chi connectivity index (χ2n) is 5.74. The van der Waals surface area contributed by atoms with E-state index in [-0.39, 0.29) is 5.91 Å². The number of para-hydroxylation sites is 1. The van der Waals surface area contributed by atoms with Crippen LogP contribution in [0.1, 0.15) is 22.8 Å². The van der Waals surface area contributed by atoms with Crippen molar-refractivity contribution in [1.82, 2.24) is 4.98 Å². The minimum atomic E-state index is -0.220. The van der Waals surface area contributed by atoms with Gasteiger partial charge >= 0.3 is 0 Å². The molecule has 3 aromatic rings. The number of aromatic nitrogens is 1. The van der Waals surface area contributed by atoms with E-state index in [4.69, 9.17) is 14.2 Å². The third kappa shape index (κ3) is 2.94. The molecule has 136 valence electrons. The molecule has 0 aliphatic heterocycles. The van der Waals surface area contributed by atoms with Crippen molar-refractivity contribution in [3.8, 4) is 17.2 Å². The van der Waals surface area contributed by atoms with E-state index in [9.17, 15) is 4.79 Å². The van der Waals surface area contributed by atoms with Crippen LogP contribution in [0.2, 0.25) is 0 Å². The lowest BCUT2D eigenvalue weighted by Crippen LogP contribution is -2.13. The number of amides is 1. The molecule has 1 aromatic heterocycles. The summed E-state index contributed by atoms with van der Waals surface area (Å²) in [5.41, 5.74) is 3.08. The van der Waals surface area contributed by atoms with E-state index >= 15 is 0 Å². The number of carbonyl (C=O) groups is 1. The van der Waals surface area contributed by atoms with Gasteiger partial charge < -0.3 is 24.5 Å². The van der Waals surface area contributed by atoms with Gasteiger partial charge in [0.2, 0.25) is 5.75 Å². The molecule has 0 radical (unpaired) electrons. The van der Waals surface area contributed by atoms with Crippen molar-refractivity contribution in [2.75, 3.05) is 26.6 Å². The summed E-state index contributed by atoms with van der Waals surface area (Å²) in [7, 11) is 4.63. The van der Waals surface area contributed by atoms with Gasteiger partial charge in [-0.2, -0.15) is 0 Å². The lowest BCUT2D eigenvalue weighted by Gasteiger charge is -2.14. The van der Waals surface area contributed by atoms with Gasteiger partial charge in [0.1, 0.15) is 0 Å². The van der Waals surface area contributed by atoms with E-state index in [1.165, 1.54) is 14.2 Å². The van der Waals surface area contributed by atoms with Crippen LogP contribution in [0.25, 0.3) is 10.9 Å². The molecule has 1 heterocycles. The third-order valence-corrected chi connectivity index (χ3v) is 4.36. The molecule has 3 rings (SSSR count). The number of hydrogen-bond donors (Lipinski definition) is 2. The fourth-order valence-corrected chi connectivity index (χ4v) is 3.08. The van der Waals surface area contributed by atoms with Crippen molar-refractivity contribution in [3.05, 3.63) is 47.7 Å². The Labute approximate surface area is 152 Å². The second kappa shape index (κ2) is 7.39. The first-order valence-corrected chi connectivity index (χ1v) is 8.33. The summed E-state index contributed by atoms with van der Waals surface area (Å²) in [6.45, 7) is 2.05. The number of H-pyrrole nitrogens is 1. The third-order valence-electron chi connectivity index (χ3n) is 4.36. The summed E-state index contributed by atoms with van der Waals surface area (Å²) in [4.78, 5) is 16.0. The number of fused-ring (bicyclic) bond motifs is 1. The largest absolute Gasteiger partial charge is 0.493 e. The topological polar surface area (TPSA) is 72.6 Å². The minimum absolute atomic E-state index is 0.220. The molecule has 26 heavy (non-hydrogen) atoms. The summed E-state index contributed by atoms with van der Waals surface area (Å²) in [5.74, 6) is 1.21. The van der Waals surface area contributed by atoms with Crippen molar-refractivity contribution in [2.24, 2.45) is 0 Å². The number of nitrogens with one attached hydrogen (secondary N) is 2. The SMILES string of the molecule is CCc1ccccc1NC(=O)c1c[nH]c2cc(OC)c(OC)c(OC)c12. The van der Waals surface area contributed by atoms with Crippen molar-refractivity contribution in [1.29, 1.82) is 0 Å². The van der Waals surface area contributed by atoms with Gasteiger partial charge in [-0.05, 0) is 18.1 Å². The van der Waals surface area contributed by atoms with Crippen LogP contribution in [0.5, 0.6) is 17.2 Å². The van der Waals surface area contributed by atoms with E-state index in [1.54, 1.807) is 19.4 Å². The van der Waals surface area contributed by atoms with E-state index in [2.05, 4.69) is 17.2 Å². The Kier molecular flexibility index (Phi) is 5.02. The molecule has 0 spiro atoms. The summed E-state index contributed by atoms with van der Waals surface area (Å²) in [5, 5.41) is 3.64. The molecule has 0 fully saturated rings. The van der Waals surface area contributed by atoms with Crippen LogP contribution in [-0.2, 0) is 6.42 Å². The number of benzene rings is 2. The molecule has 0 saturated heterocycles. The summed E-state index contributed by atoms with van der Waals surface area (Å²) in [6.07, 6.45) is 2.49. The van der Waals surface area contributed by atoms with Crippen LogP contribution in [-0.4, -0.2) is 32.2 Å². The Balaban J connectivity index is 2.09. The Morgan fingerprint density at radius 3 is 2.46 bits per heavy atom. The fraction of sp³-hybridized carbons (Fsp3) is 0.250. The van der Waals surface area contributed by atoms with Gasteiger partial charge in [-0.3, -0.25) is 4.79 Å². The van der Waals surface area contributed by atoms with Crippen molar-refractivity contribution in [3.63, 3.8) is 0 Å². The average molecular weight is 354 g/mol. The highest BCUT2D eigenvalue weighted by atomic mass is 16.5. The zero-order valence-electron chi connectivity index (χ0n) is 15.3. The molecular formula is C20H22N2O4. The number of aromatic amines is 1. The first-order valence-electron chi connectivity index (χ1n) is 8.33. The van der Waals surface area contributed by atoms with Crippen LogP contribution < -0.4 is 19.5 Å². The first-order chi connectivity index (χ1) is 12.6. The van der Waals surface area contributed by atoms with Gasteiger partial charge in [-0.25, -0.2) is 0 Å². The zero-order chi connectivity index (χ0) is 18.7. The zero-order valence-corrected chi connectivity index (χ0v) is 15.3. The second-order valence-corrected chi connectivity index (χ2v) is 5.74. The van der Waals surface area contributed by atoms with E-state index in [1.807, 2.05) is 24.3 Å². The smallest absolute Gasteiger partial charge is 0.257 e. The van der Waals surface area contributed by atoms with Crippen molar-refractivity contribution < 1.29 is 19.0 Å². The molecule has 2 N–H and O–H groups in total. The molecular weight excluding hydrogens is 332 g/mol. The monoisotopic (exact) mass is 354 g/mol. The van der Waals surface area contributed by atoms with Gasteiger partial charge in [-0.15, -0.1) is 0 Å². The highest BCUT2D eigenvalue weighted by molar-refractivity contribution is 6.15. The summed E-state index contributed by atoms with van der Waals surface area (Å²) < 4.78 is 16.3. The van der Waals surface area contributed by atoms with Crippen molar-refractivity contribution in [2.45, 2.75) is 13.3 Å². The quantitative estimate of drug-likeness (QED) is 0.701. The number of ether oxygens (including phenoxy) is 3. The number of anilines is 1. The maximum Gasteiger partial charge on any atom is 0.257 e. The number of aryl methyl sites for hydroxylation is 1. The number of hydrogen-bond acceptors (Lipinski definition) is 4. The highest BCUT2D eigenvalue weighted by Crippen LogP contribution is 2.44. The van der Waals surface area contributed by atoms with E-state index in [0.717, 1.165) is 23.2 Å². The fourth-order valence-electron chi connectivity index (χ4n) is 3.08. The molecule has 0 bridgehead atoms. The first kappa shape index (κ1) is 17.7. The average Bonchev–Trinajstić information content (AvgIpc) is 3.10. The van der Waals surface area contributed by atoms with Crippen LogP contribution in [0.3, 0.4) is 0 Å². The van der Waals surface area contributed by atoms with E-state index < -0.39 is 0 Å². The summed E-state index contributed by atoms with van der Waals surface area (Å²) in [6, 6.07) is 9.54. The molecule has 0 saturated carbocycles. The Bertz CT molecular complexity index is 946. The normalized spacial score (nSPS) is 10.6. The number of rotatable bonds is 6. The van der Waals surface area contributed by atoms with Crippen LogP contribution in [0.4, 0.5) is 5.69 Å². The molecule has 6 nitrogen and oxygen atoms in total. The van der Waals surface area contributed by atoms with Crippen molar-refractivity contribution >= 4 is 22.5 Å². The molecule has 0 unspecified atom stereocenters. The number of carbonyl (C=O) groups excluding carboxylic acids is 1. The van der Waals surface area contributed by atoms with Gasteiger partial charge in [0.15, 0.2) is 11.5 Å².